The van der Waals surface area contributed by atoms with Crippen molar-refractivity contribution in [1.29, 1.82) is 0 Å². The molecule has 3 aromatic rings. The first-order valence-electron chi connectivity index (χ1n) is 7.34. The molecule has 22 heavy (non-hydrogen) atoms. The SMILES string of the molecule is Cc1ccccc1N(Cc1nc(-c2ccco2)no1)C(C)C. The fourth-order valence-corrected chi connectivity index (χ4v) is 2.40. The van der Waals surface area contributed by atoms with Gasteiger partial charge >= 0.3 is 0 Å². The van der Waals surface area contributed by atoms with Crippen molar-refractivity contribution in [3.05, 3.63) is 54.1 Å². The quantitative estimate of drug-likeness (QED) is 0.711. The monoisotopic (exact) mass is 297 g/mol. The molecule has 5 heteroatoms. The number of furan rings is 1. The van der Waals surface area contributed by atoms with Crippen LogP contribution in [0.2, 0.25) is 0 Å². The largest absolute Gasteiger partial charge is 0.461 e. The summed E-state index contributed by atoms with van der Waals surface area (Å²) in [4.78, 5) is 6.66. The second-order valence-corrected chi connectivity index (χ2v) is 5.50. The van der Waals surface area contributed by atoms with Gasteiger partial charge in [-0.05, 0) is 44.5 Å². The van der Waals surface area contributed by atoms with Crippen molar-refractivity contribution < 1.29 is 8.94 Å². The predicted molar refractivity (Wildman–Crippen MR) is 84.5 cm³/mol. The molecule has 0 aliphatic carbocycles. The summed E-state index contributed by atoms with van der Waals surface area (Å²) in [6.07, 6.45) is 1.60. The zero-order valence-electron chi connectivity index (χ0n) is 13.0. The van der Waals surface area contributed by atoms with Crippen LogP contribution in [0.1, 0.15) is 25.3 Å². The lowest BCUT2D eigenvalue weighted by Crippen LogP contribution is -2.30. The fraction of sp³-hybridized carbons (Fsp3) is 0.294. The summed E-state index contributed by atoms with van der Waals surface area (Å²) in [5.74, 6) is 1.67. The molecule has 0 aliphatic heterocycles. The van der Waals surface area contributed by atoms with Crippen molar-refractivity contribution in [3.8, 4) is 11.6 Å². The third-order valence-electron chi connectivity index (χ3n) is 3.56. The molecule has 0 atom stereocenters. The molecule has 0 fully saturated rings. The first kappa shape index (κ1) is 14.4. The molecule has 5 nitrogen and oxygen atoms in total. The second kappa shape index (κ2) is 6.05. The maximum absolute atomic E-state index is 5.37. The van der Waals surface area contributed by atoms with Crippen LogP contribution in [0.5, 0.6) is 0 Å². The molecule has 0 bridgehead atoms. The normalized spacial score (nSPS) is 11.1. The van der Waals surface area contributed by atoms with Gasteiger partial charge in [0.2, 0.25) is 11.7 Å². The van der Waals surface area contributed by atoms with E-state index in [1.165, 1.54) is 11.3 Å². The molecular weight excluding hydrogens is 278 g/mol. The molecule has 0 saturated heterocycles. The summed E-state index contributed by atoms with van der Waals surface area (Å²) in [6, 6.07) is 12.2. The zero-order chi connectivity index (χ0) is 15.5. The number of hydrogen-bond acceptors (Lipinski definition) is 5. The molecule has 0 saturated carbocycles. The van der Waals surface area contributed by atoms with Gasteiger partial charge in [-0.1, -0.05) is 23.4 Å². The molecule has 0 radical (unpaired) electrons. The van der Waals surface area contributed by atoms with Gasteiger partial charge in [0.05, 0.1) is 12.8 Å². The van der Waals surface area contributed by atoms with Crippen LogP contribution in [0.4, 0.5) is 5.69 Å². The average molecular weight is 297 g/mol. The summed E-state index contributed by atoms with van der Waals surface area (Å²) in [5.41, 5.74) is 2.40. The van der Waals surface area contributed by atoms with Crippen molar-refractivity contribution in [2.45, 2.75) is 33.4 Å². The summed E-state index contributed by atoms with van der Waals surface area (Å²) < 4.78 is 10.7. The van der Waals surface area contributed by atoms with Crippen LogP contribution in [-0.4, -0.2) is 16.2 Å². The highest BCUT2D eigenvalue weighted by Crippen LogP contribution is 2.24. The summed E-state index contributed by atoms with van der Waals surface area (Å²) in [5, 5.41) is 3.98. The third-order valence-corrected chi connectivity index (χ3v) is 3.56. The summed E-state index contributed by atoms with van der Waals surface area (Å²) in [7, 11) is 0. The molecule has 0 unspecified atom stereocenters. The number of nitrogens with zero attached hydrogens (tertiary/aromatic N) is 3. The summed E-state index contributed by atoms with van der Waals surface area (Å²) >= 11 is 0. The van der Waals surface area contributed by atoms with E-state index in [9.17, 15) is 0 Å². The van der Waals surface area contributed by atoms with Gasteiger partial charge in [0.15, 0.2) is 5.76 Å². The topological polar surface area (TPSA) is 55.3 Å². The smallest absolute Gasteiger partial charge is 0.246 e. The van der Waals surface area contributed by atoms with E-state index in [0.29, 0.717) is 30.1 Å². The maximum atomic E-state index is 5.37. The van der Waals surface area contributed by atoms with Gasteiger partial charge in [-0.2, -0.15) is 4.98 Å². The number of aryl methyl sites for hydroxylation is 1. The minimum Gasteiger partial charge on any atom is -0.461 e. The van der Waals surface area contributed by atoms with Crippen molar-refractivity contribution in [2.24, 2.45) is 0 Å². The van der Waals surface area contributed by atoms with Crippen molar-refractivity contribution in [1.82, 2.24) is 10.1 Å². The van der Waals surface area contributed by atoms with E-state index < -0.39 is 0 Å². The first-order valence-corrected chi connectivity index (χ1v) is 7.34. The standard InChI is InChI=1S/C17H19N3O2/c1-12(2)20(14-8-5-4-7-13(14)3)11-16-18-17(19-22-16)15-9-6-10-21-15/h4-10,12H,11H2,1-3H3. The lowest BCUT2D eigenvalue weighted by Gasteiger charge is -2.28. The van der Waals surface area contributed by atoms with E-state index in [1.54, 1.807) is 12.3 Å². The fourth-order valence-electron chi connectivity index (χ4n) is 2.40. The van der Waals surface area contributed by atoms with Crippen LogP contribution >= 0.6 is 0 Å². The Labute approximate surface area is 129 Å². The molecule has 2 aromatic heterocycles. The minimum absolute atomic E-state index is 0.320. The average Bonchev–Trinajstić information content (AvgIpc) is 3.16. The Balaban J connectivity index is 1.85. The molecule has 1 aromatic carbocycles. The number of hydrogen-bond donors (Lipinski definition) is 0. The highest BCUT2D eigenvalue weighted by Gasteiger charge is 2.18. The molecule has 0 amide bonds. The van der Waals surface area contributed by atoms with Gasteiger partial charge < -0.3 is 13.8 Å². The van der Waals surface area contributed by atoms with Gasteiger partial charge in [0.1, 0.15) is 0 Å². The highest BCUT2D eigenvalue weighted by molar-refractivity contribution is 5.53. The van der Waals surface area contributed by atoms with Crippen LogP contribution in [-0.2, 0) is 6.54 Å². The van der Waals surface area contributed by atoms with Crippen LogP contribution in [0.25, 0.3) is 11.6 Å². The van der Waals surface area contributed by atoms with E-state index in [2.05, 4.69) is 47.9 Å². The first-order chi connectivity index (χ1) is 10.6. The Morgan fingerprint density at radius 3 is 2.64 bits per heavy atom. The zero-order valence-corrected chi connectivity index (χ0v) is 13.0. The van der Waals surface area contributed by atoms with Gasteiger partial charge in [-0.3, -0.25) is 0 Å². The minimum atomic E-state index is 0.320. The van der Waals surface area contributed by atoms with E-state index >= 15 is 0 Å². The number of rotatable bonds is 5. The Morgan fingerprint density at radius 2 is 1.95 bits per heavy atom. The summed E-state index contributed by atoms with van der Waals surface area (Å²) in [6.45, 7) is 6.97. The van der Waals surface area contributed by atoms with E-state index in [0.717, 1.165) is 0 Å². The van der Waals surface area contributed by atoms with Gasteiger partial charge in [0, 0.05) is 11.7 Å². The molecule has 0 aliphatic rings. The van der Waals surface area contributed by atoms with Crippen molar-refractivity contribution in [2.75, 3.05) is 4.90 Å². The van der Waals surface area contributed by atoms with Crippen LogP contribution in [0.3, 0.4) is 0 Å². The number of anilines is 1. The van der Waals surface area contributed by atoms with Gasteiger partial charge in [-0.15, -0.1) is 0 Å². The van der Waals surface area contributed by atoms with E-state index in [-0.39, 0.29) is 0 Å². The molecule has 0 N–H and O–H groups in total. The Bertz CT molecular complexity index is 732. The van der Waals surface area contributed by atoms with Gasteiger partial charge in [0.25, 0.3) is 0 Å². The second-order valence-electron chi connectivity index (χ2n) is 5.50. The molecule has 2 heterocycles. The molecule has 0 spiro atoms. The Morgan fingerprint density at radius 1 is 1.14 bits per heavy atom. The maximum Gasteiger partial charge on any atom is 0.246 e. The number of aromatic nitrogens is 2. The Kier molecular flexibility index (Phi) is 3.96. The van der Waals surface area contributed by atoms with Crippen LogP contribution < -0.4 is 4.90 Å². The molecule has 3 rings (SSSR count). The Hall–Kier alpha value is -2.56. The van der Waals surface area contributed by atoms with Gasteiger partial charge in [-0.25, -0.2) is 0 Å². The van der Waals surface area contributed by atoms with Crippen LogP contribution in [0.15, 0.2) is 51.6 Å². The lowest BCUT2D eigenvalue weighted by molar-refractivity contribution is 0.372. The van der Waals surface area contributed by atoms with E-state index in [1.807, 2.05) is 18.2 Å². The predicted octanol–water partition coefficient (Wildman–Crippen LogP) is 4.05. The van der Waals surface area contributed by atoms with Crippen LogP contribution in [0, 0.1) is 6.92 Å². The number of benzene rings is 1. The number of para-hydroxylation sites is 1. The highest BCUT2D eigenvalue weighted by atomic mass is 16.5. The van der Waals surface area contributed by atoms with E-state index in [4.69, 9.17) is 8.94 Å². The molecule has 114 valence electrons. The lowest BCUT2D eigenvalue weighted by atomic mass is 10.1. The van der Waals surface area contributed by atoms with Crippen molar-refractivity contribution >= 4 is 5.69 Å². The molecular formula is C17H19N3O2. The third kappa shape index (κ3) is 2.88. The van der Waals surface area contributed by atoms with Crippen molar-refractivity contribution in [3.63, 3.8) is 0 Å².